The first-order chi connectivity index (χ1) is 9.56. The molecular formula is C14H11Br2ClN2O. The molecule has 104 valence electrons. The van der Waals surface area contributed by atoms with Crippen molar-refractivity contribution in [1.82, 2.24) is 0 Å². The quantitative estimate of drug-likeness (QED) is 0.740. The average molecular weight is 419 g/mol. The number of hydrogen-bond donors (Lipinski definition) is 2. The van der Waals surface area contributed by atoms with Crippen molar-refractivity contribution in [1.29, 1.82) is 0 Å². The number of hydrogen-bond acceptors (Lipinski definition) is 2. The lowest BCUT2D eigenvalue weighted by Gasteiger charge is -2.10. The first kappa shape index (κ1) is 15.4. The number of carbonyl (C=O) groups is 1. The zero-order valence-corrected chi connectivity index (χ0v) is 14.2. The third-order valence-corrected chi connectivity index (χ3v) is 4.02. The molecule has 0 aliphatic carbocycles. The molecule has 2 rings (SSSR count). The van der Waals surface area contributed by atoms with Crippen molar-refractivity contribution < 1.29 is 4.79 Å². The maximum atomic E-state index is 11.9. The largest absolute Gasteiger partial charge is 0.375 e. The minimum absolute atomic E-state index is 0.142. The van der Waals surface area contributed by atoms with E-state index in [9.17, 15) is 4.79 Å². The van der Waals surface area contributed by atoms with Gasteiger partial charge in [0.15, 0.2) is 0 Å². The molecule has 2 N–H and O–H groups in total. The number of amides is 1. The van der Waals surface area contributed by atoms with Crippen molar-refractivity contribution in [3.8, 4) is 0 Å². The van der Waals surface area contributed by atoms with E-state index >= 15 is 0 Å². The summed E-state index contributed by atoms with van der Waals surface area (Å²) in [6.45, 7) is 0.142. The average Bonchev–Trinajstić information content (AvgIpc) is 2.40. The number of para-hydroxylation sites is 1. The molecule has 6 heteroatoms. The van der Waals surface area contributed by atoms with Gasteiger partial charge in [-0.3, -0.25) is 4.79 Å². The molecule has 0 radical (unpaired) electrons. The Morgan fingerprint density at radius 2 is 1.85 bits per heavy atom. The number of halogens is 3. The molecule has 0 fully saturated rings. The van der Waals surface area contributed by atoms with E-state index < -0.39 is 0 Å². The van der Waals surface area contributed by atoms with Gasteiger partial charge in [-0.1, -0.05) is 39.7 Å². The molecule has 0 unspecified atom stereocenters. The molecule has 0 aliphatic heterocycles. The van der Waals surface area contributed by atoms with E-state index in [0.29, 0.717) is 5.02 Å². The van der Waals surface area contributed by atoms with Gasteiger partial charge in [0.25, 0.3) is 0 Å². The lowest BCUT2D eigenvalue weighted by atomic mass is 10.3. The van der Waals surface area contributed by atoms with E-state index in [1.165, 1.54) is 0 Å². The normalized spacial score (nSPS) is 10.2. The van der Waals surface area contributed by atoms with Crippen LogP contribution in [-0.4, -0.2) is 12.5 Å². The molecule has 0 bridgehead atoms. The zero-order valence-electron chi connectivity index (χ0n) is 10.3. The summed E-state index contributed by atoms with van der Waals surface area (Å²) in [6, 6.07) is 12.9. The molecule has 0 atom stereocenters. The molecule has 0 spiro atoms. The summed E-state index contributed by atoms with van der Waals surface area (Å²) in [5.74, 6) is -0.143. The van der Waals surface area contributed by atoms with Crippen LogP contribution in [-0.2, 0) is 4.79 Å². The fourth-order valence-corrected chi connectivity index (χ4v) is 2.69. The highest BCUT2D eigenvalue weighted by Crippen LogP contribution is 2.25. The highest BCUT2D eigenvalue weighted by molar-refractivity contribution is 9.10. The van der Waals surface area contributed by atoms with E-state index in [0.717, 1.165) is 20.3 Å². The minimum atomic E-state index is -0.143. The second-order valence-electron chi connectivity index (χ2n) is 4.01. The van der Waals surface area contributed by atoms with Gasteiger partial charge in [-0.05, 0) is 46.3 Å². The Labute approximate surface area is 139 Å². The summed E-state index contributed by atoms with van der Waals surface area (Å²) >= 11 is 12.8. The van der Waals surface area contributed by atoms with Crippen molar-refractivity contribution in [3.63, 3.8) is 0 Å². The zero-order chi connectivity index (χ0) is 14.5. The van der Waals surface area contributed by atoms with E-state index in [2.05, 4.69) is 42.5 Å². The lowest BCUT2D eigenvalue weighted by Crippen LogP contribution is -2.22. The van der Waals surface area contributed by atoms with Crippen LogP contribution in [0.25, 0.3) is 0 Å². The highest BCUT2D eigenvalue weighted by atomic mass is 79.9. The number of nitrogens with one attached hydrogen (secondary N) is 2. The van der Waals surface area contributed by atoms with Crippen LogP contribution in [0.5, 0.6) is 0 Å². The van der Waals surface area contributed by atoms with Gasteiger partial charge >= 0.3 is 0 Å². The van der Waals surface area contributed by atoms with Crippen molar-refractivity contribution in [3.05, 3.63) is 56.4 Å². The lowest BCUT2D eigenvalue weighted by molar-refractivity contribution is -0.114. The third kappa shape index (κ3) is 4.23. The van der Waals surface area contributed by atoms with Crippen molar-refractivity contribution in [2.45, 2.75) is 0 Å². The van der Waals surface area contributed by atoms with Gasteiger partial charge in [0, 0.05) is 8.95 Å². The molecule has 0 aromatic heterocycles. The second kappa shape index (κ2) is 7.11. The monoisotopic (exact) mass is 416 g/mol. The first-order valence-corrected chi connectivity index (χ1v) is 7.76. The molecule has 3 nitrogen and oxygen atoms in total. The summed E-state index contributed by atoms with van der Waals surface area (Å²) in [7, 11) is 0. The van der Waals surface area contributed by atoms with Crippen LogP contribution in [0.15, 0.2) is 51.4 Å². The van der Waals surface area contributed by atoms with E-state index in [-0.39, 0.29) is 12.5 Å². The maximum absolute atomic E-state index is 11.9. The summed E-state index contributed by atoms with van der Waals surface area (Å²) in [4.78, 5) is 11.9. The smallest absolute Gasteiger partial charge is 0.243 e. The predicted octanol–water partition coefficient (Wildman–Crippen LogP) is 4.92. The van der Waals surface area contributed by atoms with Crippen LogP contribution in [0.2, 0.25) is 5.02 Å². The standard InChI is InChI=1S/C14H11Br2ClN2O/c15-9-5-6-13(11(17)7-9)18-8-14(20)19-12-4-2-1-3-10(12)16/h1-7,18H,8H2,(H,19,20). The number of carbonyl (C=O) groups excluding carboxylic acids is 1. The van der Waals surface area contributed by atoms with Crippen molar-refractivity contribution in [2.24, 2.45) is 0 Å². The van der Waals surface area contributed by atoms with Crippen LogP contribution in [0.3, 0.4) is 0 Å². The fraction of sp³-hybridized carbons (Fsp3) is 0.0714. The van der Waals surface area contributed by atoms with Crippen LogP contribution in [0.4, 0.5) is 11.4 Å². The summed E-state index contributed by atoms with van der Waals surface area (Å²) < 4.78 is 1.74. The number of rotatable bonds is 4. The van der Waals surface area contributed by atoms with Crippen LogP contribution in [0, 0.1) is 0 Å². The third-order valence-electron chi connectivity index (χ3n) is 2.52. The van der Waals surface area contributed by atoms with Crippen LogP contribution >= 0.6 is 43.5 Å². The van der Waals surface area contributed by atoms with E-state index in [1.54, 1.807) is 6.07 Å². The van der Waals surface area contributed by atoms with Crippen molar-refractivity contribution >= 4 is 60.7 Å². The molecule has 0 aliphatic rings. The Kier molecular flexibility index (Phi) is 5.46. The first-order valence-electron chi connectivity index (χ1n) is 5.79. The molecule has 0 saturated carbocycles. The van der Waals surface area contributed by atoms with Gasteiger partial charge in [0.1, 0.15) is 0 Å². The Morgan fingerprint density at radius 1 is 1.10 bits per heavy atom. The molecule has 2 aromatic rings. The molecule has 20 heavy (non-hydrogen) atoms. The van der Waals surface area contributed by atoms with Gasteiger partial charge in [0.2, 0.25) is 5.91 Å². The molecule has 2 aromatic carbocycles. The molecule has 0 saturated heterocycles. The topological polar surface area (TPSA) is 41.1 Å². The SMILES string of the molecule is O=C(CNc1ccc(Br)cc1Cl)Nc1ccccc1Br. The van der Waals surface area contributed by atoms with E-state index in [4.69, 9.17) is 11.6 Å². The Hall–Kier alpha value is -1.04. The Morgan fingerprint density at radius 3 is 2.55 bits per heavy atom. The summed E-state index contributed by atoms with van der Waals surface area (Å²) in [6.07, 6.45) is 0. The summed E-state index contributed by atoms with van der Waals surface area (Å²) in [5, 5.41) is 6.37. The van der Waals surface area contributed by atoms with Crippen molar-refractivity contribution in [2.75, 3.05) is 17.2 Å². The predicted molar refractivity (Wildman–Crippen MR) is 90.4 cm³/mol. The van der Waals surface area contributed by atoms with Crippen LogP contribution in [0.1, 0.15) is 0 Å². The molecule has 0 heterocycles. The van der Waals surface area contributed by atoms with Gasteiger partial charge in [-0.25, -0.2) is 0 Å². The van der Waals surface area contributed by atoms with Gasteiger partial charge in [0.05, 0.1) is 22.9 Å². The summed E-state index contributed by atoms with van der Waals surface area (Å²) in [5.41, 5.74) is 1.46. The Balaban J connectivity index is 1.94. The van der Waals surface area contributed by atoms with Gasteiger partial charge < -0.3 is 10.6 Å². The molecular weight excluding hydrogens is 407 g/mol. The van der Waals surface area contributed by atoms with E-state index in [1.807, 2.05) is 36.4 Å². The molecule has 1 amide bonds. The number of anilines is 2. The number of benzene rings is 2. The maximum Gasteiger partial charge on any atom is 0.243 e. The van der Waals surface area contributed by atoms with Crippen LogP contribution < -0.4 is 10.6 Å². The second-order valence-corrected chi connectivity index (χ2v) is 6.18. The van der Waals surface area contributed by atoms with Gasteiger partial charge in [-0.2, -0.15) is 0 Å². The van der Waals surface area contributed by atoms with Gasteiger partial charge in [-0.15, -0.1) is 0 Å². The minimum Gasteiger partial charge on any atom is -0.375 e. The highest BCUT2D eigenvalue weighted by Gasteiger charge is 2.06. The fourth-order valence-electron chi connectivity index (χ4n) is 1.57. The Bertz CT molecular complexity index is 634.